The summed E-state index contributed by atoms with van der Waals surface area (Å²) in [4.78, 5) is 0. The van der Waals surface area contributed by atoms with Crippen molar-refractivity contribution in [2.75, 3.05) is 5.32 Å². The third-order valence-corrected chi connectivity index (χ3v) is 13.2. The van der Waals surface area contributed by atoms with Gasteiger partial charge in [-0.1, -0.05) is 150 Å². The van der Waals surface area contributed by atoms with Crippen molar-refractivity contribution in [2.45, 2.75) is 52.4 Å². The van der Waals surface area contributed by atoms with Gasteiger partial charge in [-0.05, 0) is 85.5 Å². The standard InChI is InChI=1S/C52H42BN2S/c1-51(2,3)31-20-23-33(24-21-31)54-42-29-45-39(35-15-11-12-18-44(35)56-45)28-40(42)46-36-16-9-10-17-37(36)47-38-25-19-30-13-7-8-14-34(30)49(38)55-43-26-22-32(52(4,5)6)27-41(43)53-48(46)50(47)55/h7-29,54H,1-6H3. The van der Waals surface area contributed by atoms with Gasteiger partial charge in [0, 0.05) is 64.5 Å². The van der Waals surface area contributed by atoms with Crippen LogP contribution in [-0.4, -0.2) is 11.8 Å². The highest BCUT2D eigenvalue weighted by Gasteiger charge is 2.31. The van der Waals surface area contributed by atoms with E-state index in [1.165, 1.54) is 102 Å². The largest absolute Gasteiger partial charge is 0.355 e. The van der Waals surface area contributed by atoms with Crippen LogP contribution in [0.25, 0.3) is 80.3 Å². The summed E-state index contributed by atoms with van der Waals surface area (Å²) in [5.41, 5.74) is 13.7. The van der Waals surface area contributed by atoms with Gasteiger partial charge in [0.25, 0.3) is 0 Å². The van der Waals surface area contributed by atoms with E-state index in [-0.39, 0.29) is 10.8 Å². The lowest BCUT2D eigenvalue weighted by molar-refractivity contribution is 0.590. The van der Waals surface area contributed by atoms with Crippen LogP contribution in [0, 0.1) is 0 Å². The summed E-state index contributed by atoms with van der Waals surface area (Å²) in [6.07, 6.45) is 0. The molecule has 0 spiro atoms. The SMILES string of the molecule is CC(C)(C)c1ccc(Nc2cc3sc4ccccc4c3cc2-c2c3c4c(c5ccccc25)c2ccc5ccccc5c2n4-c2ccc(C(C)(C)C)cc2[B]3)cc1. The van der Waals surface area contributed by atoms with Gasteiger partial charge in [0.05, 0.1) is 5.52 Å². The molecule has 1 N–H and O–H groups in total. The lowest BCUT2D eigenvalue weighted by Gasteiger charge is -2.28. The van der Waals surface area contributed by atoms with Crippen molar-refractivity contribution < 1.29 is 0 Å². The number of aromatic nitrogens is 1. The second-order valence-electron chi connectivity index (χ2n) is 17.7. The smallest absolute Gasteiger partial charge is 0.197 e. The van der Waals surface area contributed by atoms with Gasteiger partial charge in [-0.15, -0.1) is 11.3 Å². The van der Waals surface area contributed by atoms with Gasteiger partial charge >= 0.3 is 0 Å². The van der Waals surface area contributed by atoms with Gasteiger partial charge in [0.1, 0.15) is 0 Å². The number of nitrogens with zero attached hydrogens (tertiary/aromatic N) is 1. The topological polar surface area (TPSA) is 17.0 Å². The molecule has 0 unspecified atom stereocenters. The van der Waals surface area contributed by atoms with Crippen molar-refractivity contribution in [3.05, 3.63) is 151 Å². The first-order valence-corrected chi connectivity index (χ1v) is 20.6. The van der Waals surface area contributed by atoms with Gasteiger partial charge in [0.15, 0.2) is 7.28 Å². The maximum absolute atomic E-state index is 3.97. The Hall–Kier alpha value is -5.84. The zero-order chi connectivity index (χ0) is 38.1. The minimum atomic E-state index is 0.0147. The molecule has 0 bridgehead atoms. The molecule has 8 aromatic carbocycles. The van der Waals surface area contributed by atoms with E-state index in [0.717, 1.165) is 11.4 Å². The van der Waals surface area contributed by atoms with Crippen LogP contribution in [0.4, 0.5) is 11.4 Å². The Morgan fingerprint density at radius 1 is 0.536 bits per heavy atom. The van der Waals surface area contributed by atoms with Crippen LogP contribution in [0.3, 0.4) is 0 Å². The van der Waals surface area contributed by atoms with Crippen molar-refractivity contribution in [2.24, 2.45) is 0 Å². The van der Waals surface area contributed by atoms with Crippen LogP contribution in [0.5, 0.6) is 0 Å². The van der Waals surface area contributed by atoms with E-state index in [9.17, 15) is 0 Å². The second kappa shape index (κ2) is 11.8. The number of thiophene rings is 1. The van der Waals surface area contributed by atoms with E-state index in [0.29, 0.717) is 0 Å². The summed E-state index contributed by atoms with van der Waals surface area (Å²) in [6.45, 7) is 13.8. The molecule has 1 aliphatic rings. The lowest BCUT2D eigenvalue weighted by Crippen LogP contribution is -2.38. The second-order valence-corrected chi connectivity index (χ2v) is 18.8. The van der Waals surface area contributed by atoms with E-state index in [1.807, 2.05) is 11.3 Å². The normalized spacial score (nSPS) is 13.0. The van der Waals surface area contributed by atoms with Crippen molar-refractivity contribution >= 4 is 104 Å². The van der Waals surface area contributed by atoms with Crippen LogP contribution >= 0.6 is 11.3 Å². The first kappa shape index (κ1) is 33.5. The highest BCUT2D eigenvalue weighted by atomic mass is 32.1. The third-order valence-electron chi connectivity index (χ3n) is 12.1. The summed E-state index contributed by atoms with van der Waals surface area (Å²) in [5, 5.41) is 14.2. The molecule has 11 rings (SSSR count). The van der Waals surface area contributed by atoms with E-state index >= 15 is 0 Å². The molecule has 2 nitrogen and oxygen atoms in total. The Balaban J connectivity index is 1.29. The number of fused-ring (bicyclic) bond motifs is 12. The van der Waals surface area contributed by atoms with Crippen molar-refractivity contribution in [1.29, 1.82) is 0 Å². The average Bonchev–Trinajstić information content (AvgIpc) is 3.74. The number of anilines is 2. The highest BCUT2D eigenvalue weighted by Crippen LogP contribution is 2.47. The monoisotopic (exact) mass is 737 g/mol. The quantitative estimate of drug-likeness (QED) is 0.179. The van der Waals surface area contributed by atoms with Gasteiger partial charge in [-0.2, -0.15) is 0 Å². The summed E-state index contributed by atoms with van der Waals surface area (Å²) in [6, 6.07) is 52.5. The molecule has 0 fully saturated rings. The summed E-state index contributed by atoms with van der Waals surface area (Å²) in [5.74, 6) is 0. The Bertz CT molecular complexity index is 3260. The molecule has 56 heavy (non-hydrogen) atoms. The van der Waals surface area contributed by atoms with Crippen LogP contribution < -0.4 is 16.2 Å². The van der Waals surface area contributed by atoms with Crippen LogP contribution in [-0.2, 0) is 10.8 Å². The van der Waals surface area contributed by atoms with E-state index in [4.69, 9.17) is 0 Å². The molecule has 0 saturated carbocycles. The molecule has 269 valence electrons. The molecule has 0 amide bonds. The minimum Gasteiger partial charge on any atom is -0.355 e. The lowest BCUT2D eigenvalue weighted by atomic mass is 9.57. The van der Waals surface area contributed by atoms with Crippen LogP contribution in [0.15, 0.2) is 140 Å². The number of hydrogen-bond acceptors (Lipinski definition) is 2. The highest BCUT2D eigenvalue weighted by molar-refractivity contribution is 7.25. The van der Waals surface area contributed by atoms with E-state index in [2.05, 4.69) is 198 Å². The Morgan fingerprint density at radius 3 is 1.98 bits per heavy atom. The molecule has 1 radical (unpaired) electrons. The fourth-order valence-electron chi connectivity index (χ4n) is 9.22. The molecule has 0 saturated heterocycles. The first-order valence-electron chi connectivity index (χ1n) is 19.8. The van der Waals surface area contributed by atoms with Crippen LogP contribution in [0.2, 0.25) is 0 Å². The van der Waals surface area contributed by atoms with Crippen molar-refractivity contribution in [3.8, 4) is 16.8 Å². The molecule has 2 aromatic heterocycles. The van der Waals surface area contributed by atoms with Gasteiger partial charge in [-0.3, -0.25) is 0 Å². The summed E-state index contributed by atoms with van der Waals surface area (Å²) >= 11 is 1.87. The number of nitrogens with one attached hydrogen (secondary N) is 1. The molecule has 1 aliphatic heterocycles. The van der Waals surface area contributed by atoms with Crippen molar-refractivity contribution in [1.82, 2.24) is 4.57 Å². The van der Waals surface area contributed by atoms with Crippen molar-refractivity contribution in [3.63, 3.8) is 0 Å². The number of hydrogen-bond donors (Lipinski definition) is 1. The van der Waals surface area contributed by atoms with Crippen LogP contribution in [0.1, 0.15) is 52.7 Å². The zero-order valence-electron chi connectivity index (χ0n) is 32.7. The predicted molar refractivity (Wildman–Crippen MR) is 246 cm³/mol. The molecule has 0 atom stereocenters. The predicted octanol–water partition coefficient (Wildman–Crippen LogP) is 13.4. The summed E-state index contributed by atoms with van der Waals surface area (Å²) < 4.78 is 5.19. The van der Waals surface area contributed by atoms with Gasteiger partial charge in [0.2, 0.25) is 0 Å². The molecule has 10 aromatic rings. The maximum atomic E-state index is 3.97. The van der Waals surface area contributed by atoms with E-state index in [1.54, 1.807) is 0 Å². The number of rotatable bonds is 3. The Morgan fingerprint density at radius 2 is 1.21 bits per heavy atom. The number of benzene rings is 8. The molecular formula is C52H42BN2S. The average molecular weight is 738 g/mol. The summed E-state index contributed by atoms with van der Waals surface area (Å²) in [7, 11) is 2.49. The first-order chi connectivity index (χ1) is 27.0. The third kappa shape index (κ3) is 4.95. The Kier molecular flexibility index (Phi) is 7.08. The molecule has 3 heterocycles. The zero-order valence-corrected chi connectivity index (χ0v) is 33.5. The van der Waals surface area contributed by atoms with Gasteiger partial charge in [-0.25, -0.2) is 0 Å². The minimum absolute atomic E-state index is 0.0147. The fourth-order valence-corrected chi connectivity index (χ4v) is 10.3. The fraction of sp³-hybridized carbons (Fsp3) is 0.154. The Labute approximate surface area is 332 Å². The molecule has 4 heteroatoms. The van der Waals surface area contributed by atoms with Gasteiger partial charge < -0.3 is 9.88 Å². The molecular weight excluding hydrogens is 695 g/mol. The molecule has 0 aliphatic carbocycles. The maximum Gasteiger partial charge on any atom is 0.197 e. The van der Waals surface area contributed by atoms with E-state index < -0.39 is 0 Å².